The van der Waals surface area contributed by atoms with Crippen LogP contribution in [0.3, 0.4) is 0 Å². The van der Waals surface area contributed by atoms with Crippen molar-refractivity contribution < 1.29 is 4.79 Å². The van der Waals surface area contributed by atoms with Gasteiger partial charge in [-0.25, -0.2) is 0 Å². The lowest BCUT2D eigenvalue weighted by Crippen LogP contribution is -2.44. The topological polar surface area (TPSA) is 46.3 Å². The summed E-state index contributed by atoms with van der Waals surface area (Å²) in [5.41, 5.74) is 7.64. The van der Waals surface area contributed by atoms with Gasteiger partial charge in [-0.2, -0.15) is 0 Å². The van der Waals surface area contributed by atoms with Crippen LogP contribution in [0, 0.1) is 6.92 Å². The normalized spacial score (nSPS) is 22.6. The Hall–Kier alpha value is -1.06. The molecule has 1 saturated carbocycles. The van der Waals surface area contributed by atoms with Crippen molar-refractivity contribution >= 4 is 17.5 Å². The van der Waals surface area contributed by atoms with E-state index in [2.05, 4.69) is 0 Å². The fourth-order valence-electron chi connectivity index (χ4n) is 2.96. The van der Waals surface area contributed by atoms with Crippen LogP contribution in [-0.2, 0) is 0 Å². The number of aryl methyl sites for hydroxylation is 1. The average molecular weight is 295 g/mol. The third kappa shape index (κ3) is 3.33. The molecule has 0 spiro atoms. The van der Waals surface area contributed by atoms with Crippen LogP contribution in [0.4, 0.5) is 0 Å². The number of rotatable bonds is 3. The summed E-state index contributed by atoms with van der Waals surface area (Å²) in [7, 11) is 0. The van der Waals surface area contributed by atoms with Gasteiger partial charge in [-0.3, -0.25) is 4.79 Å². The van der Waals surface area contributed by atoms with Gasteiger partial charge in [-0.1, -0.05) is 17.7 Å². The van der Waals surface area contributed by atoms with Crippen molar-refractivity contribution in [2.24, 2.45) is 5.73 Å². The number of amides is 1. The molecule has 0 aromatic heterocycles. The molecule has 1 aliphatic carbocycles. The second-order valence-electron chi connectivity index (χ2n) is 5.62. The first kappa shape index (κ1) is 15.3. The van der Waals surface area contributed by atoms with E-state index in [1.165, 1.54) is 0 Å². The summed E-state index contributed by atoms with van der Waals surface area (Å²) in [6.07, 6.45) is 4.01. The molecule has 0 atom stereocenters. The molecule has 0 unspecified atom stereocenters. The van der Waals surface area contributed by atoms with Crippen LogP contribution in [0.2, 0.25) is 5.02 Å². The number of halogens is 1. The molecular formula is C16H23ClN2O. The van der Waals surface area contributed by atoms with Crippen LogP contribution in [0.1, 0.15) is 48.5 Å². The molecule has 2 rings (SSSR count). The average Bonchev–Trinajstić information content (AvgIpc) is 2.44. The molecule has 4 heteroatoms. The van der Waals surface area contributed by atoms with E-state index >= 15 is 0 Å². The summed E-state index contributed by atoms with van der Waals surface area (Å²) in [4.78, 5) is 14.7. The van der Waals surface area contributed by atoms with Crippen molar-refractivity contribution in [3.05, 3.63) is 34.3 Å². The summed E-state index contributed by atoms with van der Waals surface area (Å²) in [6, 6.07) is 6.11. The van der Waals surface area contributed by atoms with Gasteiger partial charge in [0.15, 0.2) is 0 Å². The van der Waals surface area contributed by atoms with E-state index in [1.807, 2.05) is 30.9 Å². The Morgan fingerprint density at radius 3 is 2.60 bits per heavy atom. The summed E-state index contributed by atoms with van der Waals surface area (Å²) in [6.45, 7) is 4.71. The molecule has 1 aromatic carbocycles. The number of nitrogens with two attached hydrogens (primary N) is 1. The third-order valence-corrected chi connectivity index (χ3v) is 4.45. The minimum absolute atomic E-state index is 0.0907. The summed E-state index contributed by atoms with van der Waals surface area (Å²) in [5, 5.41) is 0.612. The highest BCUT2D eigenvalue weighted by molar-refractivity contribution is 6.31. The van der Waals surface area contributed by atoms with Crippen LogP contribution in [-0.4, -0.2) is 29.4 Å². The first-order chi connectivity index (χ1) is 9.52. The largest absolute Gasteiger partial charge is 0.336 e. The predicted octanol–water partition coefficient (Wildman–Crippen LogP) is 3.38. The monoisotopic (exact) mass is 294 g/mol. The van der Waals surface area contributed by atoms with Gasteiger partial charge in [0.05, 0.1) is 0 Å². The molecule has 0 bridgehead atoms. The molecule has 0 aliphatic heterocycles. The summed E-state index contributed by atoms with van der Waals surface area (Å²) in [5.74, 6) is 0.0907. The van der Waals surface area contributed by atoms with E-state index in [1.54, 1.807) is 6.07 Å². The highest BCUT2D eigenvalue weighted by Gasteiger charge is 2.27. The number of hydrogen-bond donors (Lipinski definition) is 1. The van der Waals surface area contributed by atoms with Crippen LogP contribution >= 0.6 is 11.6 Å². The highest BCUT2D eigenvalue weighted by Crippen LogP contribution is 2.25. The van der Waals surface area contributed by atoms with Crippen molar-refractivity contribution in [3.63, 3.8) is 0 Å². The second-order valence-corrected chi connectivity index (χ2v) is 6.06. The van der Waals surface area contributed by atoms with Gasteiger partial charge in [0.2, 0.25) is 0 Å². The van der Waals surface area contributed by atoms with Crippen molar-refractivity contribution in [3.8, 4) is 0 Å². The van der Waals surface area contributed by atoms with E-state index < -0.39 is 0 Å². The second kappa shape index (κ2) is 6.59. The third-order valence-electron chi connectivity index (χ3n) is 4.21. The van der Waals surface area contributed by atoms with Crippen LogP contribution in [0.25, 0.3) is 0 Å². The Morgan fingerprint density at radius 2 is 2.00 bits per heavy atom. The number of nitrogens with zero attached hydrogens (tertiary/aromatic N) is 1. The van der Waals surface area contributed by atoms with E-state index in [0.717, 1.165) is 37.8 Å². The molecule has 20 heavy (non-hydrogen) atoms. The van der Waals surface area contributed by atoms with E-state index in [4.69, 9.17) is 17.3 Å². The summed E-state index contributed by atoms with van der Waals surface area (Å²) >= 11 is 6.03. The lowest BCUT2D eigenvalue weighted by Gasteiger charge is -2.35. The Bertz CT molecular complexity index is 481. The highest BCUT2D eigenvalue weighted by atomic mass is 35.5. The molecule has 1 amide bonds. The van der Waals surface area contributed by atoms with Crippen molar-refractivity contribution in [2.45, 2.75) is 51.6 Å². The molecule has 0 heterocycles. The van der Waals surface area contributed by atoms with E-state index in [9.17, 15) is 4.79 Å². The van der Waals surface area contributed by atoms with Gasteiger partial charge >= 0.3 is 0 Å². The van der Waals surface area contributed by atoms with Crippen molar-refractivity contribution in [2.75, 3.05) is 6.54 Å². The Morgan fingerprint density at radius 1 is 1.35 bits per heavy atom. The number of benzene rings is 1. The Kier molecular flexibility index (Phi) is 5.06. The molecule has 0 saturated heterocycles. The Labute approximate surface area is 126 Å². The zero-order chi connectivity index (χ0) is 14.7. The van der Waals surface area contributed by atoms with E-state index in [0.29, 0.717) is 22.7 Å². The predicted molar refractivity (Wildman–Crippen MR) is 83.1 cm³/mol. The van der Waals surface area contributed by atoms with Crippen LogP contribution in [0.5, 0.6) is 0 Å². The molecule has 1 fully saturated rings. The fourth-order valence-corrected chi connectivity index (χ4v) is 3.13. The lowest BCUT2D eigenvalue weighted by atomic mass is 9.90. The molecule has 1 aromatic rings. The fraction of sp³-hybridized carbons (Fsp3) is 0.562. The van der Waals surface area contributed by atoms with Gasteiger partial charge in [-0.05, 0) is 57.2 Å². The van der Waals surface area contributed by atoms with Gasteiger partial charge in [0.1, 0.15) is 0 Å². The smallest absolute Gasteiger partial charge is 0.254 e. The molecule has 0 radical (unpaired) electrons. The molecular weight excluding hydrogens is 272 g/mol. The maximum absolute atomic E-state index is 12.8. The van der Waals surface area contributed by atoms with Crippen LogP contribution in [0.15, 0.2) is 18.2 Å². The van der Waals surface area contributed by atoms with Gasteiger partial charge in [-0.15, -0.1) is 0 Å². The van der Waals surface area contributed by atoms with E-state index in [-0.39, 0.29) is 5.91 Å². The first-order valence-corrected chi connectivity index (χ1v) is 7.73. The SMILES string of the molecule is CCN(C(=O)c1cc(Cl)ccc1C)C1CCC(N)CC1. The maximum atomic E-state index is 12.8. The molecule has 110 valence electrons. The maximum Gasteiger partial charge on any atom is 0.254 e. The standard InChI is InChI=1S/C16H23ClN2O/c1-3-19(14-8-6-13(18)7-9-14)16(20)15-10-12(17)5-4-11(15)2/h4-5,10,13-14H,3,6-9,18H2,1-2H3. The lowest BCUT2D eigenvalue weighted by molar-refractivity contribution is 0.0640. The molecule has 3 nitrogen and oxygen atoms in total. The minimum Gasteiger partial charge on any atom is -0.336 e. The first-order valence-electron chi connectivity index (χ1n) is 7.35. The van der Waals surface area contributed by atoms with Gasteiger partial charge in [0.25, 0.3) is 5.91 Å². The van der Waals surface area contributed by atoms with Gasteiger partial charge < -0.3 is 10.6 Å². The zero-order valence-electron chi connectivity index (χ0n) is 12.2. The van der Waals surface area contributed by atoms with Crippen LogP contribution < -0.4 is 5.73 Å². The van der Waals surface area contributed by atoms with Gasteiger partial charge in [0, 0.05) is 29.2 Å². The molecule has 1 aliphatic rings. The molecule has 2 N–H and O–H groups in total. The minimum atomic E-state index is 0.0907. The number of carbonyl (C=O) groups is 1. The quantitative estimate of drug-likeness (QED) is 0.929. The summed E-state index contributed by atoms with van der Waals surface area (Å²) < 4.78 is 0. The number of hydrogen-bond acceptors (Lipinski definition) is 2. The number of carbonyl (C=O) groups excluding carboxylic acids is 1. The van der Waals surface area contributed by atoms with Crippen molar-refractivity contribution in [1.82, 2.24) is 4.90 Å². The Balaban J connectivity index is 2.18. The van der Waals surface area contributed by atoms with Crippen molar-refractivity contribution in [1.29, 1.82) is 0 Å². The zero-order valence-corrected chi connectivity index (χ0v) is 13.0.